The van der Waals surface area contributed by atoms with E-state index in [0.717, 1.165) is 16.7 Å². The lowest BCUT2D eigenvalue weighted by Crippen LogP contribution is -2.36. The van der Waals surface area contributed by atoms with E-state index in [4.69, 9.17) is 0 Å². The smallest absolute Gasteiger partial charge is 0.250 e. The SMILES string of the molecule is CN=C(NCc1ccc(Cn2ccccc2=O)cc1)NCc1cccc(F)c1.I. The molecule has 0 radical (unpaired) electrons. The van der Waals surface area contributed by atoms with Crippen molar-refractivity contribution in [1.29, 1.82) is 0 Å². The first kappa shape index (κ1) is 22.6. The Kier molecular flexibility index (Phi) is 8.85. The molecule has 0 bridgehead atoms. The van der Waals surface area contributed by atoms with Crippen LogP contribution < -0.4 is 16.2 Å². The Morgan fingerprint density at radius 3 is 2.28 bits per heavy atom. The molecule has 0 amide bonds. The van der Waals surface area contributed by atoms with E-state index < -0.39 is 0 Å². The van der Waals surface area contributed by atoms with E-state index in [1.807, 2.05) is 36.4 Å². The highest BCUT2D eigenvalue weighted by Crippen LogP contribution is 2.06. The third-order valence-electron chi connectivity index (χ3n) is 4.31. The summed E-state index contributed by atoms with van der Waals surface area (Å²) in [5, 5.41) is 6.41. The standard InChI is InChI=1S/C22H23FN4O.HI/c1-24-22(26-15-19-5-4-6-20(23)13-19)25-14-17-8-10-18(11-9-17)16-27-12-3-2-7-21(27)28;/h2-13H,14-16H2,1H3,(H2,24,25,26);1H. The molecule has 3 aromatic rings. The van der Waals surface area contributed by atoms with Crippen molar-refractivity contribution >= 4 is 29.9 Å². The molecule has 0 atom stereocenters. The van der Waals surface area contributed by atoms with Crippen LogP contribution in [0.1, 0.15) is 16.7 Å². The van der Waals surface area contributed by atoms with Crippen molar-refractivity contribution < 1.29 is 4.39 Å². The first-order chi connectivity index (χ1) is 13.6. The van der Waals surface area contributed by atoms with Gasteiger partial charge in [-0.25, -0.2) is 4.39 Å². The van der Waals surface area contributed by atoms with Gasteiger partial charge in [0, 0.05) is 32.4 Å². The Morgan fingerprint density at radius 1 is 0.931 bits per heavy atom. The highest BCUT2D eigenvalue weighted by atomic mass is 127. The Bertz CT molecular complexity index is 1000. The van der Waals surface area contributed by atoms with Gasteiger partial charge in [-0.1, -0.05) is 42.5 Å². The number of rotatable bonds is 6. The lowest BCUT2D eigenvalue weighted by molar-refractivity contribution is 0.624. The molecule has 5 nitrogen and oxygen atoms in total. The normalized spacial score (nSPS) is 10.9. The number of nitrogens with one attached hydrogen (secondary N) is 2. The molecular weight excluding hydrogens is 482 g/mol. The van der Waals surface area contributed by atoms with Crippen molar-refractivity contribution in [2.24, 2.45) is 4.99 Å². The zero-order valence-corrected chi connectivity index (χ0v) is 18.5. The van der Waals surface area contributed by atoms with Gasteiger partial charge in [0.15, 0.2) is 5.96 Å². The van der Waals surface area contributed by atoms with Crippen molar-refractivity contribution in [2.75, 3.05) is 7.05 Å². The molecule has 3 rings (SSSR count). The van der Waals surface area contributed by atoms with E-state index in [0.29, 0.717) is 25.6 Å². The second-order valence-corrected chi connectivity index (χ2v) is 6.39. The van der Waals surface area contributed by atoms with E-state index in [1.54, 1.807) is 36.0 Å². The van der Waals surface area contributed by atoms with Crippen molar-refractivity contribution in [1.82, 2.24) is 15.2 Å². The maximum absolute atomic E-state index is 13.2. The Labute approximate surface area is 186 Å². The zero-order valence-electron chi connectivity index (χ0n) is 16.1. The minimum atomic E-state index is -0.250. The van der Waals surface area contributed by atoms with Crippen molar-refractivity contribution in [3.8, 4) is 0 Å². The minimum absolute atomic E-state index is 0. The number of hydrogen-bond donors (Lipinski definition) is 2. The molecule has 0 fully saturated rings. The monoisotopic (exact) mass is 506 g/mol. The number of hydrogen-bond acceptors (Lipinski definition) is 2. The number of nitrogens with zero attached hydrogens (tertiary/aromatic N) is 2. The molecule has 0 spiro atoms. The van der Waals surface area contributed by atoms with Crippen LogP contribution in [-0.4, -0.2) is 17.6 Å². The van der Waals surface area contributed by atoms with Crippen LogP contribution in [0.25, 0.3) is 0 Å². The topological polar surface area (TPSA) is 58.4 Å². The maximum atomic E-state index is 13.2. The predicted molar refractivity (Wildman–Crippen MR) is 125 cm³/mol. The average Bonchev–Trinajstić information content (AvgIpc) is 2.71. The summed E-state index contributed by atoms with van der Waals surface area (Å²) >= 11 is 0. The molecule has 29 heavy (non-hydrogen) atoms. The molecule has 0 unspecified atom stereocenters. The summed E-state index contributed by atoms with van der Waals surface area (Å²) in [6.45, 7) is 1.64. The third kappa shape index (κ3) is 7.01. The number of benzene rings is 2. The fourth-order valence-electron chi connectivity index (χ4n) is 2.79. The molecule has 2 N–H and O–H groups in total. The number of pyridine rings is 1. The second-order valence-electron chi connectivity index (χ2n) is 6.39. The molecule has 0 aliphatic carbocycles. The molecule has 1 heterocycles. The van der Waals surface area contributed by atoms with E-state index >= 15 is 0 Å². The number of guanidine groups is 1. The average molecular weight is 506 g/mol. The van der Waals surface area contributed by atoms with Gasteiger partial charge in [-0.3, -0.25) is 9.79 Å². The van der Waals surface area contributed by atoms with E-state index in [1.165, 1.54) is 12.1 Å². The Hall–Kier alpha value is -2.68. The van der Waals surface area contributed by atoms with Crippen LogP contribution in [0.4, 0.5) is 4.39 Å². The zero-order chi connectivity index (χ0) is 19.8. The van der Waals surface area contributed by atoms with E-state index in [-0.39, 0.29) is 35.4 Å². The van der Waals surface area contributed by atoms with Crippen molar-refractivity contribution in [2.45, 2.75) is 19.6 Å². The highest BCUT2D eigenvalue weighted by Gasteiger charge is 2.02. The summed E-state index contributed by atoms with van der Waals surface area (Å²) in [5.74, 6) is 0.393. The summed E-state index contributed by atoms with van der Waals surface area (Å²) in [6, 6.07) is 19.7. The molecule has 0 aliphatic rings. The molecule has 0 aliphatic heterocycles. The van der Waals surface area contributed by atoms with Gasteiger partial charge >= 0.3 is 0 Å². The lowest BCUT2D eigenvalue weighted by Gasteiger charge is -2.12. The van der Waals surface area contributed by atoms with Gasteiger partial charge in [0.2, 0.25) is 0 Å². The highest BCUT2D eigenvalue weighted by molar-refractivity contribution is 14.0. The molecule has 7 heteroatoms. The number of aliphatic imine (C=N–C) groups is 1. The first-order valence-corrected chi connectivity index (χ1v) is 9.06. The third-order valence-corrected chi connectivity index (χ3v) is 4.31. The van der Waals surface area contributed by atoms with Crippen LogP contribution in [0.3, 0.4) is 0 Å². The molecule has 1 aromatic heterocycles. The molecule has 152 valence electrons. The van der Waals surface area contributed by atoms with Crippen LogP contribution in [0, 0.1) is 5.82 Å². The van der Waals surface area contributed by atoms with Crippen molar-refractivity contribution in [3.63, 3.8) is 0 Å². The summed E-state index contributed by atoms with van der Waals surface area (Å²) in [5.41, 5.74) is 2.99. The molecule has 2 aromatic carbocycles. The maximum Gasteiger partial charge on any atom is 0.250 e. The largest absolute Gasteiger partial charge is 0.352 e. The summed E-state index contributed by atoms with van der Waals surface area (Å²) in [4.78, 5) is 16.0. The van der Waals surface area contributed by atoms with Gasteiger partial charge in [-0.05, 0) is 34.9 Å². The van der Waals surface area contributed by atoms with Crippen LogP contribution in [-0.2, 0) is 19.6 Å². The van der Waals surface area contributed by atoms with Crippen LogP contribution >= 0.6 is 24.0 Å². The summed E-state index contributed by atoms with van der Waals surface area (Å²) in [7, 11) is 1.70. The quantitative estimate of drug-likeness (QED) is 0.306. The predicted octanol–water partition coefficient (Wildman–Crippen LogP) is 3.52. The van der Waals surface area contributed by atoms with E-state index in [2.05, 4.69) is 15.6 Å². The van der Waals surface area contributed by atoms with Gasteiger partial charge in [0.05, 0.1) is 6.54 Å². The van der Waals surface area contributed by atoms with Crippen molar-refractivity contribution in [3.05, 3.63) is 106 Å². The van der Waals surface area contributed by atoms with Gasteiger partial charge in [0.25, 0.3) is 5.56 Å². The second kappa shape index (κ2) is 11.4. The molecular formula is C22H24FIN4O. The van der Waals surface area contributed by atoms with Crippen LogP contribution in [0.2, 0.25) is 0 Å². The van der Waals surface area contributed by atoms with Gasteiger partial charge in [-0.15, -0.1) is 24.0 Å². The lowest BCUT2D eigenvalue weighted by atomic mass is 10.1. The fourth-order valence-corrected chi connectivity index (χ4v) is 2.79. The van der Waals surface area contributed by atoms with Gasteiger partial charge < -0.3 is 15.2 Å². The van der Waals surface area contributed by atoms with E-state index in [9.17, 15) is 9.18 Å². The van der Waals surface area contributed by atoms with Gasteiger partial charge in [0.1, 0.15) is 5.82 Å². The fraction of sp³-hybridized carbons (Fsp3) is 0.182. The van der Waals surface area contributed by atoms with Gasteiger partial charge in [-0.2, -0.15) is 0 Å². The molecule has 0 saturated carbocycles. The number of halogens is 2. The Morgan fingerprint density at radius 2 is 1.62 bits per heavy atom. The first-order valence-electron chi connectivity index (χ1n) is 9.06. The van der Waals surface area contributed by atoms with Crippen LogP contribution in [0.15, 0.2) is 82.7 Å². The number of aromatic nitrogens is 1. The van der Waals surface area contributed by atoms with Crippen LogP contribution in [0.5, 0.6) is 0 Å². The molecule has 0 saturated heterocycles. The minimum Gasteiger partial charge on any atom is -0.352 e. The summed E-state index contributed by atoms with van der Waals surface area (Å²) < 4.78 is 14.9. The summed E-state index contributed by atoms with van der Waals surface area (Å²) in [6.07, 6.45) is 1.78. The Balaban J connectivity index is 0.00000300.